The summed E-state index contributed by atoms with van der Waals surface area (Å²) in [6.07, 6.45) is 7.90. The minimum atomic E-state index is -0.202. The standard InChI is InChI=1S/C20H24N6OS/c1-13-17(28-14(2)24-13)16(10-27)26-9-3-8-25(11-20(26)5-6-20)19-15-4-7-21-18(15)22-12-23-19/h4,7,10,12,16H,3,5-6,8-9,11H2,1-2H3,(H,21,22,23). The molecule has 0 bridgehead atoms. The number of aryl methyl sites for hydroxylation is 2. The number of hydrogen-bond donors (Lipinski definition) is 1. The fourth-order valence-electron chi connectivity index (χ4n) is 4.61. The lowest BCUT2D eigenvalue weighted by molar-refractivity contribution is -0.113. The van der Waals surface area contributed by atoms with Gasteiger partial charge in [0.1, 0.15) is 30.1 Å². The van der Waals surface area contributed by atoms with Crippen LogP contribution in [0.1, 0.15) is 40.9 Å². The lowest BCUT2D eigenvalue weighted by atomic mass is 10.1. The Balaban J connectivity index is 1.48. The molecule has 2 fully saturated rings. The largest absolute Gasteiger partial charge is 0.354 e. The Kier molecular flexibility index (Phi) is 4.21. The van der Waals surface area contributed by atoms with E-state index in [0.717, 1.165) is 77.6 Å². The molecule has 28 heavy (non-hydrogen) atoms. The zero-order valence-electron chi connectivity index (χ0n) is 16.2. The van der Waals surface area contributed by atoms with Crippen LogP contribution < -0.4 is 4.90 Å². The molecule has 3 aromatic rings. The van der Waals surface area contributed by atoms with Gasteiger partial charge in [-0.2, -0.15) is 0 Å². The maximum Gasteiger partial charge on any atom is 0.142 e. The molecule has 0 aromatic carbocycles. The highest BCUT2D eigenvalue weighted by atomic mass is 32.1. The summed E-state index contributed by atoms with van der Waals surface area (Å²) < 4.78 is 0. The van der Waals surface area contributed by atoms with Gasteiger partial charge in [-0.3, -0.25) is 4.90 Å². The number of aldehydes is 1. The molecule has 1 aliphatic heterocycles. The first-order chi connectivity index (χ1) is 13.6. The van der Waals surface area contributed by atoms with Gasteiger partial charge in [0, 0.05) is 31.4 Å². The van der Waals surface area contributed by atoms with Crippen molar-refractivity contribution in [3.8, 4) is 0 Å². The monoisotopic (exact) mass is 396 g/mol. The van der Waals surface area contributed by atoms with Crippen LogP contribution in [0.4, 0.5) is 5.82 Å². The lowest BCUT2D eigenvalue weighted by Gasteiger charge is -2.35. The van der Waals surface area contributed by atoms with E-state index in [4.69, 9.17) is 0 Å². The Labute approximate surface area is 167 Å². The third-order valence-corrected chi connectivity index (χ3v) is 7.20. The van der Waals surface area contributed by atoms with Crippen LogP contribution in [0.3, 0.4) is 0 Å². The molecule has 8 heteroatoms. The predicted octanol–water partition coefficient (Wildman–Crippen LogP) is 3.02. The van der Waals surface area contributed by atoms with Crippen molar-refractivity contribution >= 4 is 34.5 Å². The number of hydrogen-bond acceptors (Lipinski definition) is 7. The number of carbonyl (C=O) groups excluding carboxylic acids is 1. The van der Waals surface area contributed by atoms with E-state index < -0.39 is 0 Å². The van der Waals surface area contributed by atoms with Gasteiger partial charge < -0.3 is 14.7 Å². The van der Waals surface area contributed by atoms with Crippen molar-refractivity contribution in [1.29, 1.82) is 0 Å². The first kappa shape index (κ1) is 17.8. The number of rotatable bonds is 4. The molecule has 1 saturated carbocycles. The van der Waals surface area contributed by atoms with Crippen LogP contribution in [-0.4, -0.2) is 56.3 Å². The molecule has 1 aliphatic carbocycles. The van der Waals surface area contributed by atoms with Gasteiger partial charge in [-0.15, -0.1) is 11.3 Å². The van der Waals surface area contributed by atoms with E-state index in [2.05, 4.69) is 29.7 Å². The Morgan fingerprint density at radius 3 is 2.86 bits per heavy atom. The van der Waals surface area contributed by atoms with Crippen LogP contribution in [0.5, 0.6) is 0 Å². The number of fused-ring (bicyclic) bond motifs is 1. The van der Waals surface area contributed by atoms with Gasteiger partial charge in [0.2, 0.25) is 0 Å². The van der Waals surface area contributed by atoms with Gasteiger partial charge in [-0.25, -0.2) is 15.0 Å². The molecule has 0 radical (unpaired) electrons. The van der Waals surface area contributed by atoms with Crippen LogP contribution in [0, 0.1) is 13.8 Å². The normalized spacial score (nSPS) is 20.4. The summed E-state index contributed by atoms with van der Waals surface area (Å²) in [5, 5.41) is 2.09. The number of thiazole rings is 1. The molecule has 7 nitrogen and oxygen atoms in total. The maximum absolute atomic E-state index is 12.2. The molecule has 146 valence electrons. The first-order valence-electron chi connectivity index (χ1n) is 9.80. The zero-order chi connectivity index (χ0) is 19.3. The third kappa shape index (κ3) is 2.82. The molecule has 1 N–H and O–H groups in total. The molecule has 5 rings (SSSR count). The molecule has 4 heterocycles. The van der Waals surface area contributed by atoms with Crippen molar-refractivity contribution in [3.63, 3.8) is 0 Å². The summed E-state index contributed by atoms with van der Waals surface area (Å²) >= 11 is 1.65. The van der Waals surface area contributed by atoms with E-state index in [1.54, 1.807) is 17.7 Å². The topological polar surface area (TPSA) is 78.0 Å². The lowest BCUT2D eigenvalue weighted by Crippen LogP contribution is -2.45. The minimum Gasteiger partial charge on any atom is -0.354 e. The number of nitrogens with one attached hydrogen (secondary N) is 1. The van der Waals surface area contributed by atoms with Gasteiger partial charge >= 0.3 is 0 Å². The molecular weight excluding hydrogens is 372 g/mol. The highest BCUT2D eigenvalue weighted by molar-refractivity contribution is 7.11. The van der Waals surface area contributed by atoms with E-state index >= 15 is 0 Å². The van der Waals surface area contributed by atoms with Crippen molar-refractivity contribution in [1.82, 2.24) is 24.8 Å². The van der Waals surface area contributed by atoms with E-state index in [1.807, 2.05) is 26.1 Å². The van der Waals surface area contributed by atoms with Gasteiger partial charge in [0.05, 0.1) is 21.0 Å². The summed E-state index contributed by atoms with van der Waals surface area (Å²) in [5.41, 5.74) is 1.90. The summed E-state index contributed by atoms with van der Waals surface area (Å²) in [6.45, 7) is 6.77. The van der Waals surface area contributed by atoms with Crippen LogP contribution >= 0.6 is 11.3 Å². The maximum atomic E-state index is 12.2. The first-order valence-corrected chi connectivity index (χ1v) is 10.6. The van der Waals surface area contributed by atoms with E-state index in [9.17, 15) is 4.79 Å². The Morgan fingerprint density at radius 1 is 1.29 bits per heavy atom. The SMILES string of the molecule is Cc1nc(C)c(C(C=O)N2CCCN(c3ncnc4[nH]ccc34)CC23CC3)s1. The van der Waals surface area contributed by atoms with Crippen LogP contribution in [0.15, 0.2) is 18.6 Å². The number of carbonyl (C=O) groups is 1. The van der Waals surface area contributed by atoms with Crippen LogP contribution in [0.2, 0.25) is 0 Å². The van der Waals surface area contributed by atoms with Crippen LogP contribution in [0.25, 0.3) is 11.0 Å². The van der Waals surface area contributed by atoms with E-state index in [-0.39, 0.29) is 11.6 Å². The number of aromatic nitrogens is 4. The van der Waals surface area contributed by atoms with Crippen molar-refractivity contribution in [2.45, 2.75) is 44.7 Å². The molecule has 1 saturated heterocycles. The Morgan fingerprint density at radius 2 is 2.14 bits per heavy atom. The zero-order valence-corrected chi connectivity index (χ0v) is 17.0. The fourth-order valence-corrected chi connectivity index (χ4v) is 5.61. The predicted molar refractivity (Wildman–Crippen MR) is 110 cm³/mol. The average Bonchev–Trinajstić information content (AvgIpc) is 3.22. The highest BCUT2D eigenvalue weighted by Gasteiger charge is 2.53. The smallest absolute Gasteiger partial charge is 0.142 e. The number of nitrogens with zero attached hydrogens (tertiary/aromatic N) is 5. The van der Waals surface area contributed by atoms with Gasteiger partial charge in [-0.1, -0.05) is 0 Å². The van der Waals surface area contributed by atoms with Crippen molar-refractivity contribution < 1.29 is 4.79 Å². The molecule has 3 aromatic heterocycles. The molecule has 1 unspecified atom stereocenters. The second-order valence-corrected chi connectivity index (χ2v) is 9.13. The van der Waals surface area contributed by atoms with E-state index in [1.165, 1.54) is 0 Å². The third-order valence-electron chi connectivity index (χ3n) is 6.05. The van der Waals surface area contributed by atoms with Crippen molar-refractivity contribution in [2.24, 2.45) is 0 Å². The number of aromatic amines is 1. The second kappa shape index (κ2) is 6.63. The Bertz CT molecular complexity index is 1020. The highest BCUT2D eigenvalue weighted by Crippen LogP contribution is 2.48. The van der Waals surface area contributed by atoms with Crippen molar-refractivity contribution in [2.75, 3.05) is 24.5 Å². The minimum absolute atomic E-state index is 0.0417. The fraction of sp³-hybridized carbons (Fsp3) is 0.500. The van der Waals surface area contributed by atoms with Gasteiger partial charge in [0.25, 0.3) is 0 Å². The molecular formula is C20H24N6OS. The summed E-state index contributed by atoms with van der Waals surface area (Å²) in [7, 11) is 0. The van der Waals surface area contributed by atoms with Gasteiger partial charge in [0.15, 0.2) is 0 Å². The number of H-pyrrole nitrogens is 1. The van der Waals surface area contributed by atoms with E-state index in [0.29, 0.717) is 0 Å². The molecule has 2 aliphatic rings. The summed E-state index contributed by atoms with van der Waals surface area (Å²) in [5.74, 6) is 0.992. The quantitative estimate of drug-likeness (QED) is 0.683. The van der Waals surface area contributed by atoms with Crippen molar-refractivity contribution in [3.05, 3.63) is 34.2 Å². The molecule has 1 atom stereocenters. The van der Waals surface area contributed by atoms with Crippen LogP contribution in [-0.2, 0) is 4.79 Å². The molecule has 0 amide bonds. The summed E-state index contributed by atoms with van der Waals surface area (Å²) in [4.78, 5) is 34.8. The second-order valence-electron chi connectivity index (χ2n) is 7.89. The average molecular weight is 397 g/mol. The Hall–Kier alpha value is -2.32. The number of anilines is 1. The summed E-state index contributed by atoms with van der Waals surface area (Å²) in [6, 6.07) is 1.84. The van der Waals surface area contributed by atoms with Gasteiger partial charge in [-0.05, 0) is 39.2 Å². The molecule has 1 spiro atoms.